The number of ether oxygens (including phenoxy) is 2. The minimum Gasteiger partial charge on any atom is -0.381 e. The van der Waals surface area contributed by atoms with Gasteiger partial charge in [0.05, 0.1) is 19.3 Å². The van der Waals surface area contributed by atoms with Crippen LogP contribution in [0.2, 0.25) is 0 Å². The van der Waals surface area contributed by atoms with Gasteiger partial charge in [0.1, 0.15) is 0 Å². The normalized spacial score (nSPS) is 20.3. The monoisotopic (exact) mass is 347 g/mol. The van der Waals surface area contributed by atoms with E-state index in [1.54, 1.807) is 4.90 Å². The van der Waals surface area contributed by atoms with Gasteiger partial charge in [-0.05, 0) is 30.4 Å². The van der Waals surface area contributed by atoms with Crippen molar-refractivity contribution in [3.63, 3.8) is 0 Å². The quantitative estimate of drug-likeness (QED) is 0.868. The summed E-state index contributed by atoms with van der Waals surface area (Å²) in [5, 5.41) is 0. The molecule has 2 fully saturated rings. The molecule has 0 aromatic heterocycles. The number of rotatable bonds is 5. The molecule has 1 unspecified atom stereocenters. The number of carbonyl (C=O) groups is 1. The summed E-state index contributed by atoms with van der Waals surface area (Å²) < 4.78 is 10.8. The number of para-hydroxylation sites is 1. The third kappa shape index (κ3) is 4.51. The Labute approximate surface area is 149 Å². The predicted octanol–water partition coefficient (Wildman–Crippen LogP) is 1.24. The van der Waals surface area contributed by atoms with Crippen LogP contribution >= 0.6 is 0 Å². The van der Waals surface area contributed by atoms with Gasteiger partial charge in [-0.1, -0.05) is 18.2 Å². The van der Waals surface area contributed by atoms with E-state index < -0.39 is 6.04 Å². The lowest BCUT2D eigenvalue weighted by atomic mass is 9.91. The molecule has 2 aliphatic heterocycles. The summed E-state index contributed by atoms with van der Waals surface area (Å²) in [5.74, 6) is 0.238. The minimum absolute atomic E-state index is 0.0173. The smallest absolute Gasteiger partial charge is 0.239 e. The summed E-state index contributed by atoms with van der Waals surface area (Å²) >= 11 is 0. The van der Waals surface area contributed by atoms with Crippen LogP contribution in [0.25, 0.3) is 0 Å². The van der Waals surface area contributed by atoms with Crippen LogP contribution in [0.5, 0.6) is 0 Å². The maximum atomic E-state index is 12.8. The second kappa shape index (κ2) is 8.65. The van der Waals surface area contributed by atoms with Crippen LogP contribution in [-0.2, 0) is 20.8 Å². The Morgan fingerprint density at radius 2 is 1.84 bits per heavy atom. The van der Waals surface area contributed by atoms with E-state index in [0.29, 0.717) is 19.8 Å². The summed E-state index contributed by atoms with van der Waals surface area (Å²) in [6.45, 7) is 5.25. The van der Waals surface area contributed by atoms with Crippen molar-refractivity contribution in [2.24, 2.45) is 11.7 Å². The molecule has 2 heterocycles. The van der Waals surface area contributed by atoms with Crippen molar-refractivity contribution in [2.45, 2.75) is 25.4 Å². The number of anilines is 1. The predicted molar refractivity (Wildman–Crippen MR) is 97.5 cm³/mol. The summed E-state index contributed by atoms with van der Waals surface area (Å²) in [6, 6.07) is 7.84. The molecule has 6 nitrogen and oxygen atoms in total. The molecule has 2 aliphatic rings. The average molecular weight is 347 g/mol. The highest BCUT2D eigenvalue weighted by molar-refractivity contribution is 5.82. The molecule has 0 radical (unpaired) electrons. The van der Waals surface area contributed by atoms with Gasteiger partial charge in [-0.15, -0.1) is 0 Å². The molecule has 1 aromatic carbocycles. The van der Waals surface area contributed by atoms with Crippen molar-refractivity contribution >= 4 is 11.6 Å². The fraction of sp³-hybridized carbons (Fsp3) is 0.632. The van der Waals surface area contributed by atoms with Gasteiger partial charge in [0, 0.05) is 45.6 Å². The second-order valence-electron chi connectivity index (χ2n) is 6.90. The first-order valence-electron chi connectivity index (χ1n) is 9.15. The SMILES string of the molecule is CN(Cc1ccccc1N1CCOCC1)C(=O)C(N)C1CCOCC1. The molecule has 0 spiro atoms. The molecular weight excluding hydrogens is 318 g/mol. The van der Waals surface area contributed by atoms with E-state index in [1.807, 2.05) is 19.2 Å². The molecule has 2 saturated heterocycles. The molecule has 0 saturated carbocycles. The van der Waals surface area contributed by atoms with E-state index in [4.69, 9.17) is 15.2 Å². The lowest BCUT2D eigenvalue weighted by molar-refractivity contribution is -0.133. The fourth-order valence-electron chi connectivity index (χ4n) is 3.62. The molecule has 138 valence electrons. The highest BCUT2D eigenvalue weighted by atomic mass is 16.5. The van der Waals surface area contributed by atoms with Crippen molar-refractivity contribution in [3.05, 3.63) is 29.8 Å². The Hall–Kier alpha value is -1.63. The molecular formula is C19H29N3O3. The van der Waals surface area contributed by atoms with Crippen molar-refractivity contribution < 1.29 is 14.3 Å². The average Bonchev–Trinajstić information content (AvgIpc) is 2.68. The molecule has 0 aliphatic carbocycles. The van der Waals surface area contributed by atoms with Gasteiger partial charge in [0.25, 0.3) is 0 Å². The van der Waals surface area contributed by atoms with E-state index in [2.05, 4.69) is 17.0 Å². The van der Waals surface area contributed by atoms with Gasteiger partial charge in [-0.3, -0.25) is 4.79 Å². The number of carbonyl (C=O) groups excluding carboxylic acids is 1. The third-order valence-corrected chi connectivity index (χ3v) is 5.19. The van der Waals surface area contributed by atoms with Crippen LogP contribution < -0.4 is 10.6 Å². The van der Waals surface area contributed by atoms with Crippen LogP contribution in [-0.4, -0.2) is 63.4 Å². The van der Waals surface area contributed by atoms with E-state index >= 15 is 0 Å². The molecule has 0 bridgehead atoms. The number of morpholine rings is 1. The van der Waals surface area contributed by atoms with E-state index in [1.165, 1.54) is 5.69 Å². The lowest BCUT2D eigenvalue weighted by Gasteiger charge is -2.33. The maximum Gasteiger partial charge on any atom is 0.239 e. The fourth-order valence-corrected chi connectivity index (χ4v) is 3.62. The summed E-state index contributed by atoms with van der Waals surface area (Å²) in [6.07, 6.45) is 1.73. The number of nitrogens with zero attached hydrogens (tertiary/aromatic N) is 2. The molecule has 6 heteroatoms. The Balaban J connectivity index is 1.65. The Bertz CT molecular complexity index is 569. The maximum absolute atomic E-state index is 12.8. The highest BCUT2D eigenvalue weighted by Gasteiger charge is 2.29. The van der Waals surface area contributed by atoms with Crippen molar-refractivity contribution in [1.82, 2.24) is 4.90 Å². The Morgan fingerprint density at radius 1 is 1.20 bits per heavy atom. The summed E-state index contributed by atoms with van der Waals surface area (Å²) in [7, 11) is 1.84. The van der Waals surface area contributed by atoms with E-state index in [9.17, 15) is 4.79 Å². The minimum atomic E-state index is -0.440. The zero-order chi connectivity index (χ0) is 17.6. The first-order valence-corrected chi connectivity index (χ1v) is 9.15. The van der Waals surface area contributed by atoms with Crippen LogP contribution in [0.1, 0.15) is 18.4 Å². The molecule has 1 aromatic rings. The molecule has 3 rings (SSSR count). The van der Waals surface area contributed by atoms with Crippen LogP contribution in [0.4, 0.5) is 5.69 Å². The standard InChI is InChI=1S/C19H29N3O3/c1-21(19(23)18(20)15-6-10-24-11-7-15)14-16-4-2-3-5-17(16)22-8-12-25-13-9-22/h2-5,15,18H,6-14,20H2,1H3. The molecule has 2 N–H and O–H groups in total. The summed E-state index contributed by atoms with van der Waals surface area (Å²) in [5.41, 5.74) is 8.59. The van der Waals surface area contributed by atoms with Gasteiger partial charge < -0.3 is 25.0 Å². The van der Waals surface area contributed by atoms with E-state index in [0.717, 1.165) is 44.7 Å². The Morgan fingerprint density at radius 3 is 2.56 bits per heavy atom. The lowest BCUT2D eigenvalue weighted by Crippen LogP contribution is -2.47. The molecule has 1 atom stereocenters. The van der Waals surface area contributed by atoms with Crippen LogP contribution in [0.15, 0.2) is 24.3 Å². The first kappa shape index (κ1) is 18.2. The summed E-state index contributed by atoms with van der Waals surface area (Å²) in [4.78, 5) is 16.9. The zero-order valence-electron chi connectivity index (χ0n) is 15.0. The van der Waals surface area contributed by atoms with Crippen molar-refractivity contribution in [3.8, 4) is 0 Å². The van der Waals surface area contributed by atoms with Crippen molar-refractivity contribution in [1.29, 1.82) is 0 Å². The van der Waals surface area contributed by atoms with Gasteiger partial charge in [-0.2, -0.15) is 0 Å². The number of nitrogens with two attached hydrogens (primary N) is 1. The van der Waals surface area contributed by atoms with E-state index in [-0.39, 0.29) is 11.8 Å². The topological polar surface area (TPSA) is 68.0 Å². The number of hydrogen-bond donors (Lipinski definition) is 1. The van der Waals surface area contributed by atoms with Crippen LogP contribution in [0.3, 0.4) is 0 Å². The molecule has 1 amide bonds. The highest BCUT2D eigenvalue weighted by Crippen LogP contribution is 2.24. The van der Waals surface area contributed by atoms with Gasteiger partial charge in [0.2, 0.25) is 5.91 Å². The first-order chi connectivity index (χ1) is 12.2. The molecule has 25 heavy (non-hydrogen) atoms. The van der Waals surface area contributed by atoms with Gasteiger partial charge in [0.15, 0.2) is 0 Å². The van der Waals surface area contributed by atoms with Gasteiger partial charge >= 0.3 is 0 Å². The number of amides is 1. The number of hydrogen-bond acceptors (Lipinski definition) is 5. The largest absolute Gasteiger partial charge is 0.381 e. The van der Waals surface area contributed by atoms with Crippen LogP contribution in [0, 0.1) is 5.92 Å². The second-order valence-corrected chi connectivity index (χ2v) is 6.90. The number of likely N-dealkylation sites (N-methyl/N-ethyl adjacent to an activating group) is 1. The van der Waals surface area contributed by atoms with Gasteiger partial charge in [-0.25, -0.2) is 0 Å². The number of benzene rings is 1. The third-order valence-electron chi connectivity index (χ3n) is 5.19. The zero-order valence-corrected chi connectivity index (χ0v) is 15.0. The van der Waals surface area contributed by atoms with Crippen molar-refractivity contribution in [2.75, 3.05) is 51.5 Å². The Kier molecular flexibility index (Phi) is 6.29.